The molecule has 2 aliphatic heterocycles. The zero-order valence-electron chi connectivity index (χ0n) is 18.0. The lowest BCUT2D eigenvalue weighted by molar-refractivity contribution is -0.187. The van der Waals surface area contributed by atoms with E-state index in [-0.39, 0.29) is 6.61 Å². The van der Waals surface area contributed by atoms with Gasteiger partial charge in [0.05, 0.1) is 6.61 Å². The van der Waals surface area contributed by atoms with Gasteiger partial charge in [0.2, 0.25) is 0 Å². The lowest BCUT2D eigenvalue weighted by Crippen LogP contribution is -2.39. The fourth-order valence-electron chi connectivity index (χ4n) is 3.86. The lowest BCUT2D eigenvalue weighted by atomic mass is 10.1. The molecule has 1 aromatic rings. The first-order valence-corrected chi connectivity index (χ1v) is 11.0. The van der Waals surface area contributed by atoms with E-state index in [0.717, 1.165) is 42.6 Å². The molecule has 2 aliphatic rings. The van der Waals surface area contributed by atoms with Crippen LogP contribution in [0, 0.1) is 0 Å². The van der Waals surface area contributed by atoms with Crippen LogP contribution in [0.3, 0.4) is 0 Å². The minimum atomic E-state index is -1.45. The fraction of sp³-hybridized carbons (Fsp3) is 0.800. The number of H-pyrrole nitrogens is 1. The summed E-state index contributed by atoms with van der Waals surface area (Å²) < 4.78 is 17.6. The molecule has 3 heterocycles. The molecule has 6 N–H and O–H groups in total. The van der Waals surface area contributed by atoms with Crippen molar-refractivity contribution in [2.75, 3.05) is 19.7 Å². The molecule has 12 nitrogen and oxygen atoms in total. The van der Waals surface area contributed by atoms with E-state index in [9.17, 15) is 30.0 Å². The minimum Gasteiger partial charge on any atom is -0.387 e. The van der Waals surface area contributed by atoms with Crippen LogP contribution in [-0.4, -0.2) is 92.6 Å². The average molecular weight is 459 g/mol. The van der Waals surface area contributed by atoms with E-state index in [1.807, 2.05) is 0 Å². The van der Waals surface area contributed by atoms with Gasteiger partial charge in [-0.25, -0.2) is 4.79 Å². The Hall–Kier alpha value is -1.64. The minimum absolute atomic E-state index is 0.265. The van der Waals surface area contributed by atoms with Gasteiger partial charge in [0, 0.05) is 18.8 Å². The van der Waals surface area contributed by atoms with Crippen LogP contribution in [0.2, 0.25) is 0 Å². The van der Waals surface area contributed by atoms with Gasteiger partial charge in [-0.15, -0.1) is 0 Å². The maximum absolute atomic E-state index is 11.9. The number of rotatable bonds is 11. The number of nitrogens with zero attached hydrogens (tertiary/aromatic N) is 1. The van der Waals surface area contributed by atoms with Gasteiger partial charge in [-0.05, 0) is 13.0 Å². The van der Waals surface area contributed by atoms with Crippen LogP contribution < -0.4 is 16.6 Å². The highest BCUT2D eigenvalue weighted by atomic mass is 16.7. The summed E-state index contributed by atoms with van der Waals surface area (Å²) in [6, 6.07) is 1.09. The number of hydrogen-bond acceptors (Lipinski definition) is 10. The molecule has 2 fully saturated rings. The highest BCUT2D eigenvalue weighted by Crippen LogP contribution is 2.30. The van der Waals surface area contributed by atoms with Gasteiger partial charge in [-0.1, -0.05) is 26.2 Å². The zero-order valence-corrected chi connectivity index (χ0v) is 18.0. The Balaban J connectivity index is 1.49. The number of unbranched alkanes of at least 4 members (excludes halogenated alkanes) is 3. The van der Waals surface area contributed by atoms with Crippen LogP contribution in [0.25, 0.3) is 0 Å². The van der Waals surface area contributed by atoms with Crippen molar-refractivity contribution in [1.82, 2.24) is 14.9 Å². The first kappa shape index (κ1) is 25.0. The quantitative estimate of drug-likeness (QED) is 0.199. The molecular weight excluding hydrogens is 426 g/mol. The summed E-state index contributed by atoms with van der Waals surface area (Å²) in [5.74, 6) is 0. The molecule has 3 rings (SSSR count). The second-order valence-electron chi connectivity index (χ2n) is 8.19. The highest BCUT2D eigenvalue weighted by molar-refractivity contribution is 4.94. The molecule has 0 amide bonds. The van der Waals surface area contributed by atoms with E-state index in [1.165, 1.54) is 6.42 Å². The first-order valence-electron chi connectivity index (χ1n) is 11.0. The van der Waals surface area contributed by atoms with Gasteiger partial charge in [-0.2, -0.15) is 0 Å². The normalized spacial score (nSPS) is 34.9. The summed E-state index contributed by atoms with van der Waals surface area (Å²) in [6.07, 6.45) is -3.72. The van der Waals surface area contributed by atoms with Crippen molar-refractivity contribution in [3.8, 4) is 0 Å². The molecule has 0 unspecified atom stereocenters. The standard InChI is InChI=1S/C20H33N3O9/c1-2-3-4-5-7-21-9-11-14(25)17(28)19(32-11)30-10-12-15(26)16(27)18(31-12)23-8-6-13(24)22-20(23)29/h6,8,11-12,14-19,21,25-28H,2-5,7,9-10H2,1H3,(H,22,24,29)/t11-,12-,14-,15-,16-,17-,18-,19-/m1/s1. The number of ether oxygens (including phenoxy) is 3. The molecule has 8 atom stereocenters. The third-order valence-electron chi connectivity index (χ3n) is 5.76. The molecule has 32 heavy (non-hydrogen) atoms. The van der Waals surface area contributed by atoms with Crippen molar-refractivity contribution in [3.05, 3.63) is 33.1 Å². The van der Waals surface area contributed by atoms with Gasteiger partial charge < -0.3 is 40.0 Å². The smallest absolute Gasteiger partial charge is 0.330 e. The van der Waals surface area contributed by atoms with Crippen molar-refractivity contribution in [2.24, 2.45) is 0 Å². The van der Waals surface area contributed by atoms with Crippen LogP contribution in [-0.2, 0) is 14.2 Å². The van der Waals surface area contributed by atoms with E-state index in [0.29, 0.717) is 6.54 Å². The Kier molecular flexibility index (Phi) is 8.96. The van der Waals surface area contributed by atoms with Gasteiger partial charge in [0.1, 0.15) is 36.6 Å². The number of nitrogens with one attached hydrogen (secondary N) is 2. The van der Waals surface area contributed by atoms with Crippen molar-refractivity contribution in [3.63, 3.8) is 0 Å². The summed E-state index contributed by atoms with van der Waals surface area (Å²) in [5, 5.41) is 44.2. The first-order chi connectivity index (χ1) is 15.3. The van der Waals surface area contributed by atoms with Crippen LogP contribution in [0.5, 0.6) is 0 Å². The number of aromatic amines is 1. The third kappa shape index (κ3) is 5.83. The molecule has 0 saturated carbocycles. The van der Waals surface area contributed by atoms with E-state index < -0.39 is 60.4 Å². The van der Waals surface area contributed by atoms with Crippen molar-refractivity contribution in [2.45, 2.75) is 81.7 Å². The molecule has 0 spiro atoms. The number of hydrogen-bond donors (Lipinski definition) is 6. The Morgan fingerprint density at radius 2 is 1.78 bits per heavy atom. The SMILES string of the molecule is CCCCCCNC[C@H]1O[C@@H](OC[C@H]2O[C@@H](n3ccc(=O)[nH]c3=O)[C@H](O)[C@@H]2O)[C@H](O)[C@@H]1O. The number of aliphatic hydroxyl groups excluding tert-OH is 4. The predicted octanol–water partition coefficient (Wildman–Crippen LogP) is -2.21. The molecule has 12 heteroatoms. The van der Waals surface area contributed by atoms with Crippen LogP contribution in [0.4, 0.5) is 0 Å². The average Bonchev–Trinajstić information content (AvgIpc) is 3.19. The summed E-state index contributed by atoms with van der Waals surface area (Å²) >= 11 is 0. The zero-order chi connectivity index (χ0) is 23.3. The second kappa shape index (κ2) is 11.5. The van der Waals surface area contributed by atoms with Crippen molar-refractivity contribution >= 4 is 0 Å². The second-order valence-corrected chi connectivity index (χ2v) is 8.19. The van der Waals surface area contributed by atoms with E-state index in [1.54, 1.807) is 0 Å². The third-order valence-corrected chi connectivity index (χ3v) is 5.76. The summed E-state index contributed by atoms with van der Waals surface area (Å²) in [4.78, 5) is 25.2. The van der Waals surface area contributed by atoms with E-state index >= 15 is 0 Å². The predicted molar refractivity (Wildman–Crippen MR) is 111 cm³/mol. The molecule has 182 valence electrons. The van der Waals surface area contributed by atoms with Crippen LogP contribution in [0.1, 0.15) is 38.8 Å². The lowest BCUT2D eigenvalue weighted by Gasteiger charge is -2.20. The fourth-order valence-corrected chi connectivity index (χ4v) is 3.86. The van der Waals surface area contributed by atoms with E-state index in [2.05, 4.69) is 17.2 Å². The molecule has 0 aromatic carbocycles. The van der Waals surface area contributed by atoms with E-state index in [4.69, 9.17) is 14.2 Å². The van der Waals surface area contributed by atoms with Crippen LogP contribution in [0.15, 0.2) is 21.9 Å². The number of aliphatic hydroxyl groups is 4. The largest absolute Gasteiger partial charge is 0.387 e. The Morgan fingerprint density at radius 3 is 2.50 bits per heavy atom. The molecule has 1 aromatic heterocycles. The number of aromatic nitrogens is 2. The Morgan fingerprint density at radius 1 is 1.03 bits per heavy atom. The molecular formula is C20H33N3O9. The van der Waals surface area contributed by atoms with Gasteiger partial charge in [0.15, 0.2) is 12.5 Å². The summed E-state index contributed by atoms with van der Waals surface area (Å²) in [5.41, 5.74) is -1.40. The molecule has 0 radical (unpaired) electrons. The topological polar surface area (TPSA) is 175 Å². The van der Waals surface area contributed by atoms with Gasteiger partial charge in [-0.3, -0.25) is 14.3 Å². The maximum atomic E-state index is 11.9. The monoisotopic (exact) mass is 459 g/mol. The summed E-state index contributed by atoms with van der Waals surface area (Å²) in [7, 11) is 0. The maximum Gasteiger partial charge on any atom is 0.330 e. The van der Waals surface area contributed by atoms with Crippen LogP contribution >= 0.6 is 0 Å². The molecule has 2 saturated heterocycles. The van der Waals surface area contributed by atoms with Gasteiger partial charge >= 0.3 is 5.69 Å². The highest BCUT2D eigenvalue weighted by Gasteiger charge is 2.47. The van der Waals surface area contributed by atoms with Crippen molar-refractivity contribution < 1.29 is 34.6 Å². The molecule has 0 aliphatic carbocycles. The van der Waals surface area contributed by atoms with Gasteiger partial charge in [0.25, 0.3) is 5.56 Å². The Labute approximate surface area is 184 Å². The molecule has 0 bridgehead atoms. The summed E-state index contributed by atoms with van der Waals surface area (Å²) in [6.45, 7) is 3.00. The van der Waals surface area contributed by atoms with Crippen molar-refractivity contribution in [1.29, 1.82) is 0 Å². The Bertz CT molecular complexity index is 831.